The standard InChI is InChI=1S/C17H34N4OS.HI/c1-3-18-17(19-7-4-5-13-23-2)21-8-6-16(15-21)14-20-9-11-22-12-10-20;/h16H,3-15H2,1-2H3,(H,18,19);1H. The van der Waals surface area contributed by atoms with Crippen molar-refractivity contribution in [2.45, 2.75) is 26.2 Å². The van der Waals surface area contributed by atoms with E-state index >= 15 is 0 Å². The Kier molecular flexibility index (Phi) is 12.5. The Morgan fingerprint density at radius 3 is 2.75 bits per heavy atom. The lowest BCUT2D eigenvalue weighted by molar-refractivity contribution is 0.0315. The van der Waals surface area contributed by atoms with E-state index < -0.39 is 0 Å². The van der Waals surface area contributed by atoms with Gasteiger partial charge in [0.2, 0.25) is 0 Å². The summed E-state index contributed by atoms with van der Waals surface area (Å²) in [5.41, 5.74) is 0. The summed E-state index contributed by atoms with van der Waals surface area (Å²) >= 11 is 1.92. The number of hydrogen-bond donors (Lipinski definition) is 1. The maximum atomic E-state index is 5.45. The minimum Gasteiger partial charge on any atom is -0.379 e. The van der Waals surface area contributed by atoms with Gasteiger partial charge in [0.15, 0.2) is 5.96 Å². The molecule has 0 aromatic carbocycles. The van der Waals surface area contributed by atoms with Crippen molar-refractivity contribution in [1.29, 1.82) is 0 Å². The Morgan fingerprint density at radius 2 is 2.04 bits per heavy atom. The average molecular weight is 470 g/mol. The highest BCUT2D eigenvalue weighted by atomic mass is 127. The Bertz CT molecular complexity index is 353. The number of nitrogens with zero attached hydrogens (tertiary/aromatic N) is 3. The Morgan fingerprint density at radius 1 is 1.25 bits per heavy atom. The predicted octanol–water partition coefficient (Wildman–Crippen LogP) is 2.37. The van der Waals surface area contributed by atoms with Crippen LogP contribution in [0.2, 0.25) is 0 Å². The number of likely N-dealkylation sites (tertiary alicyclic amines) is 1. The predicted molar refractivity (Wildman–Crippen MR) is 116 cm³/mol. The average Bonchev–Trinajstić information content (AvgIpc) is 3.03. The first-order chi connectivity index (χ1) is 11.3. The lowest BCUT2D eigenvalue weighted by Crippen LogP contribution is -2.42. The molecule has 24 heavy (non-hydrogen) atoms. The van der Waals surface area contributed by atoms with Crippen LogP contribution in [0.5, 0.6) is 0 Å². The number of unbranched alkanes of at least 4 members (excludes halogenated alkanes) is 1. The van der Waals surface area contributed by atoms with Crippen LogP contribution in [0.4, 0.5) is 0 Å². The Labute approximate surface area is 169 Å². The van der Waals surface area contributed by atoms with E-state index in [-0.39, 0.29) is 24.0 Å². The molecule has 2 aliphatic heterocycles. The maximum Gasteiger partial charge on any atom is 0.193 e. The van der Waals surface area contributed by atoms with Gasteiger partial charge in [-0.05, 0) is 44.1 Å². The first-order valence-electron chi connectivity index (χ1n) is 9.15. The summed E-state index contributed by atoms with van der Waals surface area (Å²) in [6.45, 7) is 11.6. The molecule has 0 aromatic rings. The molecule has 2 heterocycles. The van der Waals surface area contributed by atoms with Crippen LogP contribution >= 0.6 is 35.7 Å². The molecular formula is C17H35IN4OS. The molecular weight excluding hydrogens is 435 g/mol. The molecule has 7 heteroatoms. The fraction of sp³-hybridized carbons (Fsp3) is 0.941. The van der Waals surface area contributed by atoms with Gasteiger partial charge in [0.05, 0.1) is 13.2 Å². The van der Waals surface area contributed by atoms with Crippen molar-refractivity contribution in [1.82, 2.24) is 15.1 Å². The van der Waals surface area contributed by atoms with Gasteiger partial charge < -0.3 is 15.0 Å². The molecule has 1 atom stereocenters. The Hall–Kier alpha value is 0.270. The van der Waals surface area contributed by atoms with Gasteiger partial charge in [-0.15, -0.1) is 24.0 Å². The fourth-order valence-electron chi connectivity index (χ4n) is 3.29. The first-order valence-corrected chi connectivity index (χ1v) is 10.5. The fourth-order valence-corrected chi connectivity index (χ4v) is 3.78. The second kappa shape index (κ2) is 13.5. The van der Waals surface area contributed by atoms with Gasteiger partial charge in [0.1, 0.15) is 0 Å². The lowest BCUT2D eigenvalue weighted by Gasteiger charge is -2.29. The summed E-state index contributed by atoms with van der Waals surface area (Å²) in [6.07, 6.45) is 5.92. The molecule has 142 valence electrons. The second-order valence-electron chi connectivity index (χ2n) is 6.45. The van der Waals surface area contributed by atoms with Crippen LogP contribution in [0.25, 0.3) is 0 Å². The third kappa shape index (κ3) is 8.10. The van der Waals surface area contributed by atoms with E-state index in [0.717, 1.165) is 64.4 Å². The number of hydrogen-bond acceptors (Lipinski definition) is 4. The van der Waals surface area contributed by atoms with Crippen molar-refractivity contribution in [3.8, 4) is 0 Å². The smallest absolute Gasteiger partial charge is 0.193 e. The normalized spacial score (nSPS) is 22.5. The minimum atomic E-state index is 0. The van der Waals surface area contributed by atoms with E-state index in [9.17, 15) is 0 Å². The van der Waals surface area contributed by atoms with Crippen LogP contribution in [-0.2, 0) is 4.74 Å². The van der Waals surface area contributed by atoms with Crippen molar-refractivity contribution in [3.63, 3.8) is 0 Å². The van der Waals surface area contributed by atoms with E-state index in [1.807, 2.05) is 11.8 Å². The van der Waals surface area contributed by atoms with Gasteiger partial charge in [-0.3, -0.25) is 9.89 Å². The molecule has 0 aromatic heterocycles. The largest absolute Gasteiger partial charge is 0.379 e. The number of halogens is 1. The van der Waals surface area contributed by atoms with Gasteiger partial charge >= 0.3 is 0 Å². The van der Waals surface area contributed by atoms with Crippen LogP contribution in [0.3, 0.4) is 0 Å². The zero-order valence-electron chi connectivity index (χ0n) is 15.3. The number of morpholine rings is 1. The number of aliphatic imine (C=N–C) groups is 1. The molecule has 1 N–H and O–H groups in total. The monoisotopic (exact) mass is 470 g/mol. The van der Waals surface area contributed by atoms with Crippen molar-refractivity contribution in [2.75, 3.05) is 71.0 Å². The van der Waals surface area contributed by atoms with Gasteiger partial charge in [0, 0.05) is 45.8 Å². The highest BCUT2D eigenvalue weighted by Crippen LogP contribution is 2.18. The number of guanidine groups is 1. The van der Waals surface area contributed by atoms with Crippen LogP contribution in [0, 0.1) is 5.92 Å². The van der Waals surface area contributed by atoms with Crippen molar-refractivity contribution < 1.29 is 4.74 Å². The maximum absolute atomic E-state index is 5.45. The van der Waals surface area contributed by atoms with E-state index in [2.05, 4.69) is 28.3 Å². The van der Waals surface area contributed by atoms with E-state index in [4.69, 9.17) is 9.73 Å². The summed E-state index contributed by atoms with van der Waals surface area (Å²) in [7, 11) is 0. The van der Waals surface area contributed by atoms with Crippen molar-refractivity contribution >= 4 is 41.7 Å². The highest BCUT2D eigenvalue weighted by Gasteiger charge is 2.26. The minimum absolute atomic E-state index is 0. The summed E-state index contributed by atoms with van der Waals surface area (Å²) in [5.74, 6) is 3.15. The molecule has 0 aliphatic carbocycles. The number of thioether (sulfide) groups is 1. The molecule has 0 saturated carbocycles. The van der Waals surface area contributed by atoms with E-state index in [1.54, 1.807) is 0 Å². The summed E-state index contributed by atoms with van der Waals surface area (Å²) in [4.78, 5) is 9.86. The molecule has 1 unspecified atom stereocenters. The highest BCUT2D eigenvalue weighted by molar-refractivity contribution is 14.0. The Balaban J connectivity index is 0.00000288. The number of nitrogens with one attached hydrogen (secondary N) is 1. The van der Waals surface area contributed by atoms with Crippen molar-refractivity contribution in [2.24, 2.45) is 10.9 Å². The zero-order valence-corrected chi connectivity index (χ0v) is 18.5. The molecule has 2 saturated heterocycles. The number of rotatable bonds is 8. The van der Waals surface area contributed by atoms with E-state index in [0.29, 0.717) is 0 Å². The van der Waals surface area contributed by atoms with Crippen LogP contribution < -0.4 is 5.32 Å². The third-order valence-corrected chi connectivity index (χ3v) is 5.26. The molecule has 2 rings (SSSR count). The molecule has 0 bridgehead atoms. The van der Waals surface area contributed by atoms with Gasteiger partial charge in [0.25, 0.3) is 0 Å². The summed E-state index contributed by atoms with van der Waals surface area (Å²) in [5, 5.41) is 3.48. The molecule has 5 nitrogen and oxygen atoms in total. The molecule has 2 aliphatic rings. The van der Waals surface area contributed by atoms with Crippen LogP contribution in [-0.4, -0.2) is 86.8 Å². The van der Waals surface area contributed by atoms with E-state index in [1.165, 1.54) is 31.6 Å². The zero-order chi connectivity index (χ0) is 16.3. The molecule has 0 radical (unpaired) electrons. The van der Waals surface area contributed by atoms with Gasteiger partial charge in [-0.2, -0.15) is 11.8 Å². The topological polar surface area (TPSA) is 40.1 Å². The lowest BCUT2D eigenvalue weighted by atomic mass is 10.1. The van der Waals surface area contributed by atoms with Crippen molar-refractivity contribution in [3.05, 3.63) is 0 Å². The summed E-state index contributed by atoms with van der Waals surface area (Å²) in [6, 6.07) is 0. The van der Waals surface area contributed by atoms with Crippen LogP contribution in [0.15, 0.2) is 4.99 Å². The molecule has 2 fully saturated rings. The van der Waals surface area contributed by atoms with Gasteiger partial charge in [-0.25, -0.2) is 0 Å². The SMILES string of the molecule is CCNC(=NCCCCSC)N1CCC(CN2CCOCC2)C1.I. The molecule has 0 spiro atoms. The summed E-state index contributed by atoms with van der Waals surface area (Å²) < 4.78 is 5.45. The molecule has 0 amide bonds. The van der Waals surface area contributed by atoms with Crippen LogP contribution in [0.1, 0.15) is 26.2 Å². The third-order valence-electron chi connectivity index (χ3n) is 4.56. The van der Waals surface area contributed by atoms with Gasteiger partial charge in [-0.1, -0.05) is 0 Å². The quantitative estimate of drug-likeness (QED) is 0.255. The number of ether oxygens (including phenoxy) is 1. The first kappa shape index (κ1) is 22.3. The second-order valence-corrected chi connectivity index (χ2v) is 7.43.